The van der Waals surface area contributed by atoms with Crippen LogP contribution in [0.3, 0.4) is 0 Å². The highest BCUT2D eigenvalue weighted by atomic mass is 16.6. The molecule has 1 aliphatic heterocycles. The molecule has 1 aromatic carbocycles. The molecular formula is C17H19N3O3. The van der Waals surface area contributed by atoms with Crippen LogP contribution in [0.15, 0.2) is 42.7 Å². The third kappa shape index (κ3) is 4.35. The van der Waals surface area contributed by atoms with Gasteiger partial charge in [0.25, 0.3) is 0 Å². The lowest BCUT2D eigenvalue weighted by molar-refractivity contribution is 0.171. The second-order valence-electron chi connectivity index (χ2n) is 5.20. The van der Waals surface area contributed by atoms with Crippen molar-refractivity contribution >= 4 is 6.03 Å². The van der Waals surface area contributed by atoms with E-state index >= 15 is 0 Å². The van der Waals surface area contributed by atoms with Crippen molar-refractivity contribution in [3.8, 4) is 11.5 Å². The van der Waals surface area contributed by atoms with E-state index in [0.29, 0.717) is 26.3 Å². The van der Waals surface area contributed by atoms with Gasteiger partial charge in [0.15, 0.2) is 11.5 Å². The molecule has 0 radical (unpaired) electrons. The summed E-state index contributed by atoms with van der Waals surface area (Å²) in [7, 11) is 0. The first-order valence-corrected chi connectivity index (χ1v) is 7.60. The van der Waals surface area contributed by atoms with E-state index in [2.05, 4.69) is 15.6 Å². The molecule has 2 heterocycles. The summed E-state index contributed by atoms with van der Waals surface area (Å²) in [4.78, 5) is 15.8. The van der Waals surface area contributed by atoms with Gasteiger partial charge in [-0.15, -0.1) is 0 Å². The Bertz CT molecular complexity index is 661. The molecule has 0 fully saturated rings. The van der Waals surface area contributed by atoms with Crippen LogP contribution in [0.2, 0.25) is 0 Å². The van der Waals surface area contributed by atoms with Crippen molar-refractivity contribution in [1.82, 2.24) is 15.6 Å². The second-order valence-corrected chi connectivity index (χ2v) is 5.20. The predicted octanol–water partition coefficient (Wildman–Crippen LogP) is 1.89. The molecule has 120 valence electrons. The number of aromatic nitrogens is 1. The van der Waals surface area contributed by atoms with E-state index in [4.69, 9.17) is 9.47 Å². The van der Waals surface area contributed by atoms with Gasteiger partial charge in [0.2, 0.25) is 0 Å². The Hall–Kier alpha value is -2.76. The van der Waals surface area contributed by atoms with E-state index in [-0.39, 0.29) is 6.03 Å². The maximum atomic E-state index is 11.8. The molecule has 2 N–H and O–H groups in total. The standard InChI is InChI=1S/C17H19N3O3/c21-17(20-12-14-2-1-6-18-11-14)19-7-5-13-3-4-15-16(10-13)23-9-8-22-15/h1-4,6,10-11H,5,7-9,12H2,(H2,19,20,21). The lowest BCUT2D eigenvalue weighted by Gasteiger charge is -2.18. The normalized spacial score (nSPS) is 12.5. The highest BCUT2D eigenvalue weighted by molar-refractivity contribution is 5.73. The van der Waals surface area contributed by atoms with Crippen LogP contribution in [-0.2, 0) is 13.0 Å². The Morgan fingerprint density at radius 3 is 2.78 bits per heavy atom. The van der Waals surface area contributed by atoms with Crippen molar-refractivity contribution in [2.45, 2.75) is 13.0 Å². The second kappa shape index (κ2) is 7.49. The van der Waals surface area contributed by atoms with Gasteiger partial charge in [0, 0.05) is 25.5 Å². The predicted molar refractivity (Wildman–Crippen MR) is 85.6 cm³/mol. The van der Waals surface area contributed by atoms with E-state index < -0.39 is 0 Å². The minimum absolute atomic E-state index is 0.189. The summed E-state index contributed by atoms with van der Waals surface area (Å²) < 4.78 is 11.0. The van der Waals surface area contributed by atoms with E-state index in [1.807, 2.05) is 30.3 Å². The molecule has 0 saturated heterocycles. The van der Waals surface area contributed by atoms with E-state index in [9.17, 15) is 4.79 Å². The maximum absolute atomic E-state index is 11.8. The molecule has 1 aromatic heterocycles. The van der Waals surface area contributed by atoms with Gasteiger partial charge in [-0.1, -0.05) is 12.1 Å². The number of carbonyl (C=O) groups excluding carboxylic acids is 1. The van der Waals surface area contributed by atoms with Gasteiger partial charge in [0.1, 0.15) is 13.2 Å². The van der Waals surface area contributed by atoms with Crippen LogP contribution in [0.25, 0.3) is 0 Å². The first-order valence-electron chi connectivity index (χ1n) is 7.60. The van der Waals surface area contributed by atoms with Crippen LogP contribution in [-0.4, -0.2) is 30.8 Å². The van der Waals surface area contributed by atoms with Gasteiger partial charge in [-0.3, -0.25) is 4.98 Å². The minimum atomic E-state index is -0.189. The zero-order valence-corrected chi connectivity index (χ0v) is 12.7. The van der Waals surface area contributed by atoms with Crippen LogP contribution < -0.4 is 20.1 Å². The number of nitrogens with one attached hydrogen (secondary N) is 2. The number of ether oxygens (including phenoxy) is 2. The number of rotatable bonds is 5. The Morgan fingerprint density at radius 1 is 1.09 bits per heavy atom. The summed E-state index contributed by atoms with van der Waals surface area (Å²) in [6.07, 6.45) is 4.17. The van der Waals surface area contributed by atoms with Crippen molar-refractivity contribution < 1.29 is 14.3 Å². The number of pyridine rings is 1. The average molecular weight is 313 g/mol. The number of hydrogen-bond donors (Lipinski definition) is 2. The summed E-state index contributed by atoms with van der Waals surface area (Å²) in [5.41, 5.74) is 2.07. The van der Waals surface area contributed by atoms with Crippen molar-refractivity contribution in [2.75, 3.05) is 19.8 Å². The summed E-state index contributed by atoms with van der Waals surface area (Å²) in [5, 5.41) is 5.64. The molecule has 0 unspecified atom stereocenters. The van der Waals surface area contributed by atoms with Gasteiger partial charge in [-0.05, 0) is 35.7 Å². The number of hydrogen-bond acceptors (Lipinski definition) is 4. The third-order valence-electron chi connectivity index (χ3n) is 3.48. The summed E-state index contributed by atoms with van der Waals surface area (Å²) in [6, 6.07) is 9.43. The fourth-order valence-electron chi connectivity index (χ4n) is 2.31. The molecule has 23 heavy (non-hydrogen) atoms. The monoisotopic (exact) mass is 313 g/mol. The van der Waals surface area contributed by atoms with Crippen molar-refractivity contribution in [1.29, 1.82) is 0 Å². The first-order chi connectivity index (χ1) is 11.3. The van der Waals surface area contributed by atoms with Gasteiger partial charge in [0.05, 0.1) is 0 Å². The lowest BCUT2D eigenvalue weighted by atomic mass is 10.1. The van der Waals surface area contributed by atoms with Gasteiger partial charge in [-0.2, -0.15) is 0 Å². The van der Waals surface area contributed by atoms with Gasteiger partial charge < -0.3 is 20.1 Å². The molecule has 0 atom stereocenters. The fraction of sp³-hybridized carbons (Fsp3) is 0.294. The minimum Gasteiger partial charge on any atom is -0.486 e. The molecule has 1 aliphatic rings. The number of amides is 2. The maximum Gasteiger partial charge on any atom is 0.315 e. The highest BCUT2D eigenvalue weighted by Gasteiger charge is 2.11. The van der Waals surface area contributed by atoms with Gasteiger partial charge in [-0.25, -0.2) is 4.79 Å². The average Bonchev–Trinajstić information content (AvgIpc) is 2.61. The molecular weight excluding hydrogens is 294 g/mol. The number of carbonyl (C=O) groups is 1. The number of nitrogens with zero attached hydrogens (tertiary/aromatic N) is 1. The molecule has 3 rings (SSSR count). The highest BCUT2D eigenvalue weighted by Crippen LogP contribution is 2.30. The van der Waals surface area contributed by atoms with E-state index in [0.717, 1.165) is 29.0 Å². The molecule has 0 saturated carbocycles. The molecule has 2 amide bonds. The number of fused-ring (bicyclic) bond motifs is 1. The van der Waals surface area contributed by atoms with Crippen molar-refractivity contribution in [2.24, 2.45) is 0 Å². The molecule has 6 nitrogen and oxygen atoms in total. The molecule has 2 aromatic rings. The Kier molecular flexibility index (Phi) is 4.93. The van der Waals surface area contributed by atoms with Crippen LogP contribution in [0.4, 0.5) is 4.79 Å². The van der Waals surface area contributed by atoms with Crippen LogP contribution in [0.5, 0.6) is 11.5 Å². The zero-order valence-electron chi connectivity index (χ0n) is 12.7. The van der Waals surface area contributed by atoms with Crippen LogP contribution >= 0.6 is 0 Å². The van der Waals surface area contributed by atoms with Crippen molar-refractivity contribution in [3.05, 3.63) is 53.9 Å². The lowest BCUT2D eigenvalue weighted by Crippen LogP contribution is -2.36. The summed E-state index contributed by atoms with van der Waals surface area (Å²) in [5.74, 6) is 1.55. The quantitative estimate of drug-likeness (QED) is 0.884. The Labute approximate surface area is 134 Å². The molecule has 6 heteroatoms. The van der Waals surface area contributed by atoms with Gasteiger partial charge >= 0.3 is 6.03 Å². The summed E-state index contributed by atoms with van der Waals surface area (Å²) >= 11 is 0. The van der Waals surface area contributed by atoms with Crippen molar-refractivity contribution in [3.63, 3.8) is 0 Å². The molecule has 0 spiro atoms. The first kappa shape index (κ1) is 15.1. The Morgan fingerprint density at radius 2 is 1.96 bits per heavy atom. The summed E-state index contributed by atoms with van der Waals surface area (Å²) in [6.45, 7) is 2.18. The fourth-order valence-corrected chi connectivity index (χ4v) is 2.31. The molecule has 0 aliphatic carbocycles. The van der Waals surface area contributed by atoms with Crippen LogP contribution in [0.1, 0.15) is 11.1 Å². The third-order valence-corrected chi connectivity index (χ3v) is 3.48. The van der Waals surface area contributed by atoms with E-state index in [1.165, 1.54) is 0 Å². The number of benzene rings is 1. The number of urea groups is 1. The smallest absolute Gasteiger partial charge is 0.315 e. The van der Waals surface area contributed by atoms with Crippen LogP contribution in [0, 0.1) is 0 Å². The largest absolute Gasteiger partial charge is 0.486 e. The molecule has 0 bridgehead atoms. The zero-order chi connectivity index (χ0) is 15.9. The Balaban J connectivity index is 1.41. The van der Waals surface area contributed by atoms with E-state index in [1.54, 1.807) is 12.4 Å². The SMILES string of the molecule is O=C(NCCc1ccc2c(c1)OCCO2)NCc1cccnc1. The topological polar surface area (TPSA) is 72.5 Å².